The molecular formula is C18H35N3O. The first-order valence-corrected chi connectivity index (χ1v) is 8.51. The van der Waals surface area contributed by atoms with Crippen molar-refractivity contribution in [2.45, 2.75) is 87.0 Å². The van der Waals surface area contributed by atoms with Gasteiger partial charge in [-0.05, 0) is 44.4 Å². The van der Waals surface area contributed by atoms with E-state index >= 15 is 0 Å². The minimum absolute atomic E-state index is 0.101. The fourth-order valence-corrected chi connectivity index (χ4v) is 2.60. The van der Waals surface area contributed by atoms with Crippen molar-refractivity contribution in [1.82, 2.24) is 15.0 Å². The fourth-order valence-electron chi connectivity index (χ4n) is 2.60. The molecule has 0 bridgehead atoms. The molecule has 22 heavy (non-hydrogen) atoms. The number of rotatable bonds is 8. The van der Waals surface area contributed by atoms with Crippen molar-refractivity contribution in [1.29, 1.82) is 0 Å². The fraction of sp³-hybridized carbons (Fsp3) is 0.889. The molecule has 0 spiro atoms. The van der Waals surface area contributed by atoms with Crippen molar-refractivity contribution in [3.05, 3.63) is 11.9 Å². The number of ether oxygens (including phenoxy) is 1. The van der Waals surface area contributed by atoms with Gasteiger partial charge in [0.15, 0.2) is 0 Å². The van der Waals surface area contributed by atoms with E-state index in [1.165, 1.54) is 0 Å². The van der Waals surface area contributed by atoms with Crippen LogP contribution in [0.2, 0.25) is 0 Å². The third-order valence-electron chi connectivity index (χ3n) is 5.45. The van der Waals surface area contributed by atoms with E-state index in [0.29, 0.717) is 18.4 Å². The summed E-state index contributed by atoms with van der Waals surface area (Å²) >= 11 is 0. The summed E-state index contributed by atoms with van der Waals surface area (Å²) in [7, 11) is 0. The van der Waals surface area contributed by atoms with Crippen LogP contribution in [0, 0.1) is 17.3 Å². The van der Waals surface area contributed by atoms with E-state index in [9.17, 15) is 0 Å². The molecule has 128 valence electrons. The molecule has 0 aliphatic carbocycles. The Morgan fingerprint density at radius 1 is 1.09 bits per heavy atom. The Hall–Kier alpha value is -0.900. The van der Waals surface area contributed by atoms with E-state index in [0.717, 1.165) is 12.1 Å². The molecule has 0 aromatic carbocycles. The maximum Gasteiger partial charge on any atom is 0.108 e. The maximum absolute atomic E-state index is 5.88. The lowest BCUT2D eigenvalue weighted by atomic mass is 9.67. The topological polar surface area (TPSA) is 39.9 Å². The molecule has 1 unspecified atom stereocenters. The number of nitrogens with zero attached hydrogens (tertiary/aromatic N) is 3. The molecular weight excluding hydrogens is 274 g/mol. The van der Waals surface area contributed by atoms with Crippen LogP contribution in [-0.2, 0) is 16.9 Å². The molecule has 0 radical (unpaired) electrons. The third kappa shape index (κ3) is 4.31. The van der Waals surface area contributed by atoms with E-state index < -0.39 is 0 Å². The molecule has 0 aliphatic heterocycles. The van der Waals surface area contributed by atoms with Crippen molar-refractivity contribution < 1.29 is 4.74 Å². The standard InChI is InChI=1S/C18H35N3O/c1-13(2)10-15(5)22-12-16-11-21(20-19-16)18(8,9)17(6,7)14(3)4/h11,13-15H,10,12H2,1-9H3. The molecule has 1 aromatic heterocycles. The summed E-state index contributed by atoms with van der Waals surface area (Å²) in [5.41, 5.74) is 0.919. The van der Waals surface area contributed by atoms with Gasteiger partial charge in [0.25, 0.3) is 0 Å². The first kappa shape index (κ1) is 19.1. The highest BCUT2D eigenvalue weighted by molar-refractivity contribution is 4.98. The lowest BCUT2D eigenvalue weighted by Crippen LogP contribution is -2.45. The molecule has 0 N–H and O–H groups in total. The summed E-state index contributed by atoms with van der Waals surface area (Å²) in [5, 5.41) is 8.66. The minimum atomic E-state index is -0.101. The van der Waals surface area contributed by atoms with E-state index in [2.05, 4.69) is 72.6 Å². The van der Waals surface area contributed by atoms with Gasteiger partial charge in [-0.15, -0.1) is 5.10 Å². The second kappa shape index (κ2) is 7.12. The van der Waals surface area contributed by atoms with Gasteiger partial charge in [0, 0.05) is 0 Å². The lowest BCUT2D eigenvalue weighted by molar-refractivity contribution is 0.0374. The Kier molecular flexibility index (Phi) is 6.19. The summed E-state index contributed by atoms with van der Waals surface area (Å²) in [6, 6.07) is 0. The van der Waals surface area contributed by atoms with Gasteiger partial charge in [0.2, 0.25) is 0 Å². The van der Waals surface area contributed by atoms with Crippen LogP contribution in [-0.4, -0.2) is 21.1 Å². The second-order valence-electron chi connectivity index (χ2n) is 8.34. The molecule has 1 rings (SSSR count). The van der Waals surface area contributed by atoms with E-state index in [1.807, 2.05) is 10.9 Å². The summed E-state index contributed by atoms with van der Waals surface area (Å²) in [5.74, 6) is 1.20. The van der Waals surface area contributed by atoms with Crippen LogP contribution in [0.1, 0.15) is 74.4 Å². The molecule has 1 heterocycles. The molecule has 4 heteroatoms. The van der Waals surface area contributed by atoms with Crippen LogP contribution in [0.15, 0.2) is 6.20 Å². The van der Waals surface area contributed by atoms with Crippen LogP contribution < -0.4 is 0 Å². The molecule has 1 aromatic rings. The monoisotopic (exact) mass is 309 g/mol. The number of hydrogen-bond acceptors (Lipinski definition) is 3. The van der Waals surface area contributed by atoms with Gasteiger partial charge in [-0.1, -0.05) is 46.8 Å². The molecule has 0 saturated heterocycles. The van der Waals surface area contributed by atoms with E-state index in [-0.39, 0.29) is 17.1 Å². The lowest BCUT2D eigenvalue weighted by Gasteiger charge is -2.44. The summed E-state index contributed by atoms with van der Waals surface area (Å²) in [4.78, 5) is 0. The summed E-state index contributed by atoms with van der Waals surface area (Å²) < 4.78 is 7.88. The van der Waals surface area contributed by atoms with Gasteiger partial charge in [-0.2, -0.15) is 0 Å². The van der Waals surface area contributed by atoms with Gasteiger partial charge in [0.1, 0.15) is 5.69 Å². The van der Waals surface area contributed by atoms with E-state index in [1.54, 1.807) is 0 Å². The van der Waals surface area contributed by atoms with Crippen LogP contribution >= 0.6 is 0 Å². The average Bonchev–Trinajstić information content (AvgIpc) is 2.84. The molecule has 0 saturated carbocycles. The Balaban J connectivity index is 2.75. The van der Waals surface area contributed by atoms with Crippen LogP contribution in [0.4, 0.5) is 0 Å². The van der Waals surface area contributed by atoms with Crippen molar-refractivity contribution >= 4 is 0 Å². The van der Waals surface area contributed by atoms with Gasteiger partial charge in [-0.3, -0.25) is 0 Å². The van der Waals surface area contributed by atoms with Gasteiger partial charge in [-0.25, -0.2) is 4.68 Å². The van der Waals surface area contributed by atoms with Crippen molar-refractivity contribution in [3.63, 3.8) is 0 Å². The predicted octanol–water partition coefficient (Wildman–Crippen LogP) is 4.65. The number of hydrogen-bond donors (Lipinski definition) is 0. The molecule has 4 nitrogen and oxygen atoms in total. The van der Waals surface area contributed by atoms with Gasteiger partial charge >= 0.3 is 0 Å². The maximum atomic E-state index is 5.88. The highest BCUT2D eigenvalue weighted by Crippen LogP contribution is 2.42. The first-order valence-electron chi connectivity index (χ1n) is 8.51. The number of aromatic nitrogens is 3. The molecule has 0 amide bonds. The zero-order chi connectivity index (χ0) is 17.1. The van der Waals surface area contributed by atoms with Gasteiger partial charge < -0.3 is 4.74 Å². The minimum Gasteiger partial charge on any atom is -0.372 e. The normalized spacial score (nSPS) is 14.9. The quantitative estimate of drug-likeness (QED) is 0.702. The average molecular weight is 309 g/mol. The van der Waals surface area contributed by atoms with E-state index in [4.69, 9.17) is 4.74 Å². The van der Waals surface area contributed by atoms with Crippen molar-refractivity contribution in [2.24, 2.45) is 17.3 Å². The highest BCUT2D eigenvalue weighted by Gasteiger charge is 2.41. The molecule has 0 fully saturated rings. The second-order valence-corrected chi connectivity index (χ2v) is 8.34. The molecule has 0 aliphatic rings. The largest absolute Gasteiger partial charge is 0.372 e. The zero-order valence-electron chi connectivity index (χ0n) is 16.0. The summed E-state index contributed by atoms with van der Waals surface area (Å²) in [6.45, 7) is 20.6. The Labute approximate surface area is 136 Å². The van der Waals surface area contributed by atoms with Crippen LogP contribution in [0.25, 0.3) is 0 Å². The SMILES string of the molecule is CC(C)CC(C)OCc1cn(C(C)(C)C(C)(C)C(C)C)nn1. The van der Waals surface area contributed by atoms with Crippen LogP contribution in [0.5, 0.6) is 0 Å². The molecule has 1 atom stereocenters. The third-order valence-corrected chi connectivity index (χ3v) is 5.45. The predicted molar refractivity (Wildman–Crippen MR) is 91.7 cm³/mol. The smallest absolute Gasteiger partial charge is 0.108 e. The first-order chi connectivity index (χ1) is 9.98. The summed E-state index contributed by atoms with van der Waals surface area (Å²) in [6.07, 6.45) is 3.36. The Morgan fingerprint density at radius 3 is 2.18 bits per heavy atom. The van der Waals surface area contributed by atoms with Crippen molar-refractivity contribution in [2.75, 3.05) is 0 Å². The van der Waals surface area contributed by atoms with Crippen LogP contribution in [0.3, 0.4) is 0 Å². The van der Waals surface area contributed by atoms with Crippen molar-refractivity contribution in [3.8, 4) is 0 Å². The Bertz CT molecular complexity index is 461. The zero-order valence-corrected chi connectivity index (χ0v) is 16.0. The highest BCUT2D eigenvalue weighted by atomic mass is 16.5. The van der Waals surface area contributed by atoms with Gasteiger partial charge in [0.05, 0.1) is 24.4 Å². The Morgan fingerprint density at radius 2 is 1.68 bits per heavy atom.